The van der Waals surface area contributed by atoms with Gasteiger partial charge < -0.3 is 136 Å². The molecule has 14 N–H and O–H groups in total. The second-order valence-corrected chi connectivity index (χ2v) is 37.3. The molecule has 3 rings (SSSR count). The smallest absolute Gasteiger partial charge is 0.394 e. The predicted octanol–water partition coefficient (Wildman–Crippen LogP) is 0.355. The average molecular weight is 1670 g/mol. The minimum absolute atomic E-state index is 0.0107. The molecule has 0 spiro atoms. The zero-order valence-electron chi connectivity index (χ0n) is 59.0. The van der Waals surface area contributed by atoms with Gasteiger partial charge in [-0.25, -0.2) is 13.7 Å². The average Bonchev–Trinajstić information content (AvgIpc) is 0.817. The van der Waals surface area contributed by atoms with Gasteiger partial charge in [0.05, 0.1) is 119 Å². The summed E-state index contributed by atoms with van der Waals surface area (Å²) in [6.45, 7) is -15.1. The maximum absolute atomic E-state index is 13.7. The number of hydrogen-bond acceptors (Lipinski definition) is 39. The minimum atomic E-state index is -3.96. The topological polar surface area (TPSA) is 546 Å². The first-order valence-electron chi connectivity index (χ1n) is 33.4. The van der Waals surface area contributed by atoms with Gasteiger partial charge in [0, 0.05) is 67.0 Å². The van der Waals surface area contributed by atoms with Crippen LogP contribution in [0.2, 0.25) is 0 Å². The Bertz CT molecular complexity index is 2330. The Kier molecular flexibility index (Phi) is 50.3. The highest BCUT2D eigenvalue weighted by molar-refractivity contribution is 8.53. The maximum Gasteiger partial charge on any atom is 0.415 e. The van der Waals surface area contributed by atoms with Crippen molar-refractivity contribution in [2.24, 2.45) is 5.41 Å². The van der Waals surface area contributed by atoms with Crippen LogP contribution >= 0.6 is 62.1 Å². The monoisotopic (exact) mass is 1670 g/mol. The van der Waals surface area contributed by atoms with Crippen LogP contribution in [-0.4, -0.2) is 325 Å². The SMILES string of the molecule is COSP(=O)(OCCCCOC1OC(CO)C(O)C(O)C1NC(C)=O)OCCCOCC(COCCCOP(=O)(OCCCCOC1OC(CO)C(O)C(O)C1NC(C)=O)SOC)(COCCCOP(=O)(OCCCCOC1OC(CO)C(O)C(O)C1NC(C)=O)SOC)COCCCOP(O)(O)=S. The van der Waals surface area contributed by atoms with Crippen molar-refractivity contribution in [1.82, 2.24) is 16.0 Å². The normalized spacial score (nSPS) is 27.7. The number of rotatable bonds is 61. The summed E-state index contributed by atoms with van der Waals surface area (Å²) in [6, 6.07) is -3.41. The third kappa shape index (κ3) is 38.4. The Labute approximate surface area is 622 Å². The summed E-state index contributed by atoms with van der Waals surface area (Å²) in [7, 11) is 3.83. The minimum Gasteiger partial charge on any atom is -0.394 e. The van der Waals surface area contributed by atoms with Gasteiger partial charge in [-0.1, -0.05) is 0 Å². The standard InChI is InChI=1S/C56H109N3O37P4S4/c1-38(63)57-44-50(69)47(66)41(31-60)94-53(44)84-21-7-10-24-88-98(74,102-77-4)91-28-14-18-81-35-56(34-80-17-13-27-87-97(72,73)101,36-82-19-15-29-92-99(75,103-78-5)89-25-11-8-22-85-54-45(58-39(2)64)51(70)48(67)42(32-61)95-54)37-83-20-16-30-93-100(76,104-79-6)90-26-12-9-23-86-55-46(59-40(3)65)52(71)49(68)43(33-62)96-55/h41-55,60-62,66-71H,7-37H2,1-6H3,(H,57,63)(H,58,64)(H,59,65)(H2,72,73,101). The number of ether oxygens (including phenoxy) is 10. The van der Waals surface area contributed by atoms with Crippen LogP contribution in [0.5, 0.6) is 0 Å². The number of carbonyl (C=O) groups is 3. The zero-order valence-corrected chi connectivity index (χ0v) is 65.9. The Balaban J connectivity index is 1.66. The van der Waals surface area contributed by atoms with Crippen LogP contribution in [0, 0.1) is 5.41 Å². The van der Waals surface area contributed by atoms with Gasteiger partial charge >= 0.3 is 27.1 Å². The molecule has 40 nitrogen and oxygen atoms in total. The molecule has 3 aliphatic heterocycles. The number of aliphatic hydroxyl groups is 9. The molecule has 48 heteroatoms. The molecule has 0 bridgehead atoms. The fraction of sp³-hybridized carbons (Fsp3) is 0.946. The van der Waals surface area contributed by atoms with Crippen LogP contribution in [0.1, 0.15) is 85.0 Å². The molecule has 3 amide bonds. The van der Waals surface area contributed by atoms with Crippen LogP contribution in [0.3, 0.4) is 0 Å². The lowest BCUT2D eigenvalue weighted by atomic mass is 9.92. The van der Waals surface area contributed by atoms with Crippen molar-refractivity contribution in [3.8, 4) is 0 Å². The molecule has 0 aromatic heterocycles. The molecule has 0 aromatic carbocycles. The summed E-state index contributed by atoms with van der Waals surface area (Å²) >= 11 is 6.03. The lowest BCUT2D eigenvalue weighted by Gasteiger charge is -2.42. The summed E-state index contributed by atoms with van der Waals surface area (Å²) in [5.74, 6) is -1.55. The molecule has 0 radical (unpaired) electrons. The van der Waals surface area contributed by atoms with Crippen molar-refractivity contribution in [2.45, 2.75) is 177 Å². The van der Waals surface area contributed by atoms with Crippen molar-refractivity contribution in [1.29, 1.82) is 0 Å². The van der Waals surface area contributed by atoms with Crippen molar-refractivity contribution < 1.29 is 175 Å². The molecule has 3 saturated heterocycles. The zero-order chi connectivity index (χ0) is 77.2. The van der Waals surface area contributed by atoms with E-state index >= 15 is 0 Å². The summed E-state index contributed by atoms with van der Waals surface area (Å²) in [6.07, 6.45) is -13.7. The van der Waals surface area contributed by atoms with Crippen LogP contribution in [-0.2, 0) is 131 Å². The number of hydrogen-bond donors (Lipinski definition) is 14. The fourth-order valence-corrected chi connectivity index (χ4v) is 17.4. The van der Waals surface area contributed by atoms with Crippen molar-refractivity contribution in [2.75, 3.05) is 160 Å². The summed E-state index contributed by atoms with van der Waals surface area (Å²) in [4.78, 5) is 54.7. The second-order valence-electron chi connectivity index (χ2n) is 23.5. The first kappa shape index (κ1) is 97.8. The quantitative estimate of drug-likeness (QED) is 0.0222. The second kappa shape index (κ2) is 53.5. The number of aliphatic hydroxyl groups excluding tert-OH is 9. The number of nitrogens with one attached hydrogen (secondary N) is 3. The van der Waals surface area contributed by atoms with Crippen LogP contribution < -0.4 is 16.0 Å². The summed E-state index contributed by atoms with van der Waals surface area (Å²) in [5, 5.41) is 99.0. The first-order chi connectivity index (χ1) is 49.5. The Morgan fingerprint density at radius 3 is 0.837 bits per heavy atom. The van der Waals surface area contributed by atoms with E-state index in [9.17, 15) is 83.8 Å². The molecule has 614 valence electrons. The Morgan fingerprint density at radius 1 is 0.385 bits per heavy atom. The molecule has 0 aromatic rings. The van der Waals surface area contributed by atoms with Gasteiger partial charge in [0.25, 0.3) is 0 Å². The fourth-order valence-electron chi connectivity index (χ4n) is 9.85. The molecular weight excluding hydrogens is 1560 g/mol. The van der Waals surface area contributed by atoms with Gasteiger partial charge in [-0.2, -0.15) is 0 Å². The molecule has 0 saturated carbocycles. The number of carbonyl (C=O) groups excluding carboxylic acids is 3. The van der Waals surface area contributed by atoms with Gasteiger partial charge in [0.1, 0.15) is 108 Å². The van der Waals surface area contributed by atoms with E-state index in [1.165, 1.54) is 42.1 Å². The van der Waals surface area contributed by atoms with E-state index in [1.807, 2.05) is 0 Å². The van der Waals surface area contributed by atoms with E-state index < -0.39 is 162 Å². The van der Waals surface area contributed by atoms with E-state index in [0.717, 1.165) is 0 Å². The Morgan fingerprint density at radius 2 is 0.615 bits per heavy atom. The van der Waals surface area contributed by atoms with Crippen LogP contribution in [0.4, 0.5) is 0 Å². The molecular formula is C56H109N3O37P4S4. The molecule has 104 heavy (non-hydrogen) atoms. The largest absolute Gasteiger partial charge is 0.415 e. The lowest BCUT2D eigenvalue weighted by Crippen LogP contribution is -2.64. The van der Waals surface area contributed by atoms with E-state index in [-0.39, 0.29) is 164 Å². The number of amides is 3. The highest BCUT2D eigenvalue weighted by Gasteiger charge is 2.48. The first-order valence-corrected chi connectivity index (χ1v) is 44.7. The van der Waals surface area contributed by atoms with Gasteiger partial charge in [0.15, 0.2) is 18.9 Å². The molecule has 3 heterocycles. The third-order valence-corrected chi connectivity index (χ3v) is 24.5. The van der Waals surface area contributed by atoms with E-state index in [4.69, 9.17) is 91.6 Å². The van der Waals surface area contributed by atoms with Crippen LogP contribution in [0.15, 0.2) is 0 Å². The highest BCUT2D eigenvalue weighted by atomic mass is 32.7. The highest BCUT2D eigenvalue weighted by Crippen LogP contribution is 2.62. The van der Waals surface area contributed by atoms with E-state index in [2.05, 4.69) is 27.8 Å². The molecule has 18 unspecified atom stereocenters. The summed E-state index contributed by atoms with van der Waals surface area (Å²) < 4.78 is 154. The molecule has 3 fully saturated rings. The van der Waals surface area contributed by atoms with Gasteiger partial charge in [-0.05, 0) is 76.0 Å². The predicted molar refractivity (Wildman–Crippen MR) is 373 cm³/mol. The van der Waals surface area contributed by atoms with Gasteiger partial charge in [-0.3, -0.25) is 41.5 Å². The molecule has 18 atom stereocenters. The third-order valence-electron chi connectivity index (χ3n) is 14.8. The van der Waals surface area contributed by atoms with E-state index in [1.54, 1.807) is 0 Å². The van der Waals surface area contributed by atoms with Crippen LogP contribution in [0.25, 0.3) is 0 Å². The van der Waals surface area contributed by atoms with E-state index in [0.29, 0.717) is 54.3 Å². The number of unbranched alkanes of at least 4 members (excludes halogenated alkanes) is 3. The van der Waals surface area contributed by atoms with Crippen molar-refractivity contribution in [3.05, 3.63) is 0 Å². The lowest BCUT2D eigenvalue weighted by molar-refractivity contribution is -0.270. The van der Waals surface area contributed by atoms with Crippen molar-refractivity contribution in [3.63, 3.8) is 0 Å². The van der Waals surface area contributed by atoms with Gasteiger partial charge in [0.2, 0.25) is 17.7 Å². The molecule has 0 aliphatic carbocycles. The van der Waals surface area contributed by atoms with Gasteiger partial charge in [-0.15, -0.1) is 0 Å². The van der Waals surface area contributed by atoms with Crippen molar-refractivity contribution >= 4 is 91.6 Å². The Hall–Kier alpha value is -0.440. The summed E-state index contributed by atoms with van der Waals surface area (Å²) in [5.41, 5.74) is -1.12. The maximum atomic E-state index is 13.7. The molecule has 3 aliphatic rings.